The van der Waals surface area contributed by atoms with E-state index in [1.165, 1.54) is 38.7 Å². The van der Waals surface area contributed by atoms with Gasteiger partial charge in [0, 0.05) is 35.3 Å². The molecule has 14 heteroatoms. The first-order valence-corrected chi connectivity index (χ1v) is 11.1. The van der Waals surface area contributed by atoms with Crippen molar-refractivity contribution in [3.05, 3.63) is 88.1 Å². The van der Waals surface area contributed by atoms with Gasteiger partial charge in [-0.1, -0.05) is 0 Å². The fourth-order valence-corrected chi connectivity index (χ4v) is 3.43. The topological polar surface area (TPSA) is 183 Å². The third-order valence-corrected chi connectivity index (χ3v) is 5.32. The van der Waals surface area contributed by atoms with Gasteiger partial charge in [0.25, 0.3) is 5.95 Å². The number of ether oxygens (including phenoxy) is 3. The molecule has 2 heterocycles. The summed E-state index contributed by atoms with van der Waals surface area (Å²) < 4.78 is 32.0. The molecular weight excluding hydrogens is 499 g/mol. The van der Waals surface area contributed by atoms with E-state index in [1.807, 2.05) is 0 Å². The van der Waals surface area contributed by atoms with Crippen molar-refractivity contribution in [1.29, 1.82) is 5.41 Å². The Hall–Kier alpha value is -5.27. The lowest BCUT2D eigenvalue weighted by molar-refractivity contribution is -0.142. The predicted molar refractivity (Wildman–Crippen MR) is 133 cm³/mol. The lowest BCUT2D eigenvalue weighted by atomic mass is 10.0. The van der Waals surface area contributed by atoms with Gasteiger partial charge in [0.05, 0.1) is 14.2 Å². The van der Waals surface area contributed by atoms with Crippen LogP contribution < -0.4 is 26.2 Å². The Bertz CT molecular complexity index is 1500. The highest BCUT2D eigenvalue weighted by molar-refractivity contribution is 5.95. The summed E-state index contributed by atoms with van der Waals surface area (Å²) >= 11 is 0. The monoisotopic (exact) mass is 522 g/mol. The molecule has 0 aliphatic heterocycles. The van der Waals surface area contributed by atoms with E-state index in [-0.39, 0.29) is 34.7 Å². The van der Waals surface area contributed by atoms with E-state index in [9.17, 15) is 9.59 Å². The van der Waals surface area contributed by atoms with Gasteiger partial charge in [-0.05, 0) is 36.4 Å². The molecule has 0 fully saturated rings. The van der Waals surface area contributed by atoms with Crippen LogP contribution in [0.3, 0.4) is 0 Å². The summed E-state index contributed by atoms with van der Waals surface area (Å²) in [5.41, 5.74) is 5.84. The number of benzene rings is 2. The van der Waals surface area contributed by atoms with Crippen molar-refractivity contribution in [2.45, 2.75) is 6.04 Å². The molecule has 0 unspecified atom stereocenters. The molecule has 0 bridgehead atoms. The molecule has 0 amide bonds. The second-order valence-corrected chi connectivity index (χ2v) is 7.74. The van der Waals surface area contributed by atoms with Gasteiger partial charge in [0.15, 0.2) is 24.0 Å². The Morgan fingerprint density at radius 2 is 1.92 bits per heavy atom. The van der Waals surface area contributed by atoms with Crippen LogP contribution in [0.1, 0.15) is 23.0 Å². The number of hydrogen-bond donors (Lipinski definition) is 4. The number of nitrogens with zero attached hydrogens (tertiary/aromatic N) is 4. The summed E-state index contributed by atoms with van der Waals surface area (Å²) in [7, 11) is 2.56. The van der Waals surface area contributed by atoms with Crippen LogP contribution in [0, 0.1) is 11.2 Å². The number of nitrogens with one attached hydrogen (secondary N) is 3. The highest BCUT2D eigenvalue weighted by Crippen LogP contribution is 2.35. The number of methoxy groups -OCH3 is 2. The number of nitrogens with two attached hydrogens (primary N) is 1. The van der Waals surface area contributed by atoms with E-state index >= 15 is 4.39 Å². The number of halogens is 1. The van der Waals surface area contributed by atoms with Crippen LogP contribution in [0.15, 0.2) is 59.7 Å². The van der Waals surface area contributed by atoms with Gasteiger partial charge in [0.1, 0.15) is 17.6 Å². The number of carbonyl (C=O) groups excluding carboxylic acids is 1. The van der Waals surface area contributed by atoms with Crippen LogP contribution in [0.2, 0.25) is 0 Å². The molecule has 4 aromatic rings. The fourth-order valence-electron chi connectivity index (χ4n) is 3.43. The number of carbonyl (C=O) groups is 1. The number of amidine groups is 1. The average molecular weight is 522 g/mol. The minimum atomic E-state index is -1.09. The van der Waals surface area contributed by atoms with Gasteiger partial charge < -0.3 is 25.3 Å². The average Bonchev–Trinajstić information content (AvgIpc) is 3.33. The molecule has 196 valence electrons. The standard InChI is InChI=1S/C24H23FN8O5/c1-36-15-10-16(19(25)17(11-15)38-12-18(34)37-2)20(30-14-6-4-13(5-7-14)21(26)27)22-31-24(35)33(32-22)23-28-8-3-9-29-23/h3-11,20,30H,12H2,1-2H3,(H3,26,27)(H,31,32,35)/t20-/m0/s1. The van der Waals surface area contributed by atoms with Crippen molar-refractivity contribution in [3.8, 4) is 17.4 Å². The molecule has 38 heavy (non-hydrogen) atoms. The smallest absolute Gasteiger partial charge is 0.350 e. The SMILES string of the molecule is COC(=O)COc1cc(OC)cc([C@H](Nc2ccc(C(=N)N)cc2)c2nn(-c3ncccn3)c(=O)[nH]2)c1F. The molecule has 4 rings (SSSR count). The van der Waals surface area contributed by atoms with E-state index in [2.05, 4.69) is 30.1 Å². The highest BCUT2D eigenvalue weighted by Gasteiger charge is 2.27. The van der Waals surface area contributed by atoms with Crippen LogP contribution in [0.25, 0.3) is 5.95 Å². The molecule has 0 saturated heterocycles. The molecule has 0 spiro atoms. The van der Waals surface area contributed by atoms with Gasteiger partial charge in [-0.2, -0.15) is 0 Å². The minimum absolute atomic E-state index is 0.0118. The van der Waals surface area contributed by atoms with Crippen molar-refractivity contribution in [2.75, 3.05) is 26.1 Å². The third-order valence-electron chi connectivity index (χ3n) is 5.32. The Balaban J connectivity index is 1.82. The van der Waals surface area contributed by atoms with Crippen LogP contribution in [0.5, 0.6) is 11.5 Å². The van der Waals surface area contributed by atoms with Crippen molar-refractivity contribution < 1.29 is 23.4 Å². The van der Waals surface area contributed by atoms with Crippen molar-refractivity contribution in [1.82, 2.24) is 24.7 Å². The molecule has 13 nitrogen and oxygen atoms in total. The predicted octanol–water partition coefficient (Wildman–Crippen LogP) is 1.54. The zero-order valence-corrected chi connectivity index (χ0v) is 20.3. The Morgan fingerprint density at radius 1 is 1.21 bits per heavy atom. The Morgan fingerprint density at radius 3 is 2.55 bits per heavy atom. The maximum atomic E-state index is 15.8. The quantitative estimate of drug-likeness (QED) is 0.135. The molecule has 0 radical (unpaired) electrons. The zero-order chi connectivity index (χ0) is 27.2. The first kappa shape index (κ1) is 25.8. The maximum Gasteiger partial charge on any atom is 0.350 e. The summed E-state index contributed by atoms with van der Waals surface area (Å²) in [6.45, 7) is -0.540. The first-order chi connectivity index (χ1) is 18.3. The van der Waals surface area contributed by atoms with Gasteiger partial charge in [0.2, 0.25) is 0 Å². The van der Waals surface area contributed by atoms with E-state index in [4.69, 9.17) is 20.6 Å². The number of aromatic nitrogens is 5. The largest absolute Gasteiger partial charge is 0.497 e. The van der Waals surface area contributed by atoms with Crippen LogP contribution in [0.4, 0.5) is 10.1 Å². The molecule has 0 saturated carbocycles. The molecule has 5 N–H and O–H groups in total. The van der Waals surface area contributed by atoms with E-state index in [0.717, 1.165) is 4.68 Å². The third kappa shape index (κ3) is 5.59. The van der Waals surface area contributed by atoms with E-state index in [1.54, 1.807) is 30.3 Å². The van der Waals surface area contributed by atoms with Crippen LogP contribution >= 0.6 is 0 Å². The second kappa shape index (κ2) is 11.2. The maximum absolute atomic E-state index is 15.8. The normalized spacial score (nSPS) is 11.4. The molecule has 2 aromatic carbocycles. The summed E-state index contributed by atoms with van der Waals surface area (Å²) in [5.74, 6) is -1.70. The van der Waals surface area contributed by atoms with Crippen LogP contribution in [-0.2, 0) is 9.53 Å². The summed E-state index contributed by atoms with van der Waals surface area (Å²) in [4.78, 5) is 35.0. The number of H-pyrrole nitrogens is 1. The summed E-state index contributed by atoms with van der Waals surface area (Å²) in [6.07, 6.45) is 2.89. The second-order valence-electron chi connectivity index (χ2n) is 7.74. The van der Waals surface area contributed by atoms with E-state index in [0.29, 0.717) is 11.3 Å². The number of anilines is 1. The Kier molecular flexibility index (Phi) is 7.61. The Labute approximate surface area is 214 Å². The molecular formula is C24H23FN8O5. The molecule has 1 atom stereocenters. The fraction of sp³-hybridized carbons (Fsp3) is 0.167. The summed E-state index contributed by atoms with van der Waals surface area (Å²) in [5, 5.41) is 15.0. The lowest BCUT2D eigenvalue weighted by Gasteiger charge is -2.21. The number of rotatable bonds is 10. The van der Waals surface area contributed by atoms with Gasteiger partial charge in [-0.25, -0.2) is 23.9 Å². The summed E-state index contributed by atoms with van der Waals surface area (Å²) in [6, 6.07) is 9.64. The number of esters is 1. The molecule has 0 aliphatic carbocycles. The molecule has 0 aliphatic rings. The zero-order valence-electron chi connectivity index (χ0n) is 20.3. The number of aromatic amines is 1. The molecule has 2 aromatic heterocycles. The number of nitrogen functional groups attached to an aromatic ring is 1. The highest BCUT2D eigenvalue weighted by atomic mass is 19.1. The first-order valence-electron chi connectivity index (χ1n) is 11.1. The van der Waals surface area contributed by atoms with Gasteiger partial charge in [-0.15, -0.1) is 9.78 Å². The van der Waals surface area contributed by atoms with Crippen molar-refractivity contribution >= 4 is 17.5 Å². The van der Waals surface area contributed by atoms with E-state index < -0.39 is 30.1 Å². The van der Waals surface area contributed by atoms with Gasteiger partial charge in [-0.3, -0.25) is 10.4 Å². The lowest BCUT2D eigenvalue weighted by Crippen LogP contribution is -2.18. The van der Waals surface area contributed by atoms with Crippen molar-refractivity contribution in [3.63, 3.8) is 0 Å². The van der Waals surface area contributed by atoms with Crippen molar-refractivity contribution in [2.24, 2.45) is 5.73 Å². The minimum Gasteiger partial charge on any atom is -0.497 e. The number of hydrogen-bond acceptors (Lipinski definition) is 10. The van der Waals surface area contributed by atoms with Crippen LogP contribution in [-0.4, -0.2) is 57.4 Å². The van der Waals surface area contributed by atoms with Gasteiger partial charge >= 0.3 is 11.7 Å².